The molecule has 3 aromatic rings. The summed E-state index contributed by atoms with van der Waals surface area (Å²) in [6.07, 6.45) is 1.76. The molecule has 0 atom stereocenters. The smallest absolute Gasteiger partial charge is 0.238 e. The predicted molar refractivity (Wildman–Crippen MR) is 120 cm³/mol. The molecule has 0 bridgehead atoms. The van der Waals surface area contributed by atoms with Gasteiger partial charge in [-0.1, -0.05) is 24.3 Å². The van der Waals surface area contributed by atoms with Gasteiger partial charge in [0.2, 0.25) is 10.7 Å². The third-order valence-electron chi connectivity index (χ3n) is 5.38. The van der Waals surface area contributed by atoms with Crippen molar-refractivity contribution in [1.82, 2.24) is 24.1 Å². The van der Waals surface area contributed by atoms with Gasteiger partial charge in [0.25, 0.3) is 0 Å². The highest BCUT2D eigenvalue weighted by molar-refractivity contribution is 7.71. The summed E-state index contributed by atoms with van der Waals surface area (Å²) >= 11 is 5.63. The molecule has 9 heteroatoms. The number of aromatic nitrogens is 3. The van der Waals surface area contributed by atoms with Crippen LogP contribution in [0.15, 0.2) is 54.9 Å². The van der Waals surface area contributed by atoms with Gasteiger partial charge in [0.15, 0.2) is 0 Å². The van der Waals surface area contributed by atoms with E-state index in [2.05, 4.69) is 33.2 Å². The molecule has 1 N–H and O–H groups in total. The second-order valence-electron chi connectivity index (χ2n) is 7.66. The lowest BCUT2D eigenvalue weighted by Crippen LogP contribution is -2.49. The van der Waals surface area contributed by atoms with Crippen LogP contribution in [0.1, 0.15) is 5.56 Å². The zero-order valence-corrected chi connectivity index (χ0v) is 18.2. The van der Waals surface area contributed by atoms with E-state index in [0.717, 1.165) is 37.4 Å². The number of amides is 1. The number of benzene rings is 2. The number of aryl methyl sites for hydroxylation is 1. The topological polar surface area (TPSA) is 58.3 Å². The molecule has 1 saturated heterocycles. The van der Waals surface area contributed by atoms with Crippen molar-refractivity contribution in [2.75, 3.05) is 38.0 Å². The molecular formula is C22H25FN6OS. The van der Waals surface area contributed by atoms with E-state index in [-0.39, 0.29) is 18.3 Å². The fraction of sp³-hybridized carbons (Fsp3) is 0.318. The number of hydrogen-bond acceptors (Lipinski definition) is 5. The Morgan fingerprint density at radius 1 is 1.10 bits per heavy atom. The highest BCUT2D eigenvalue weighted by Crippen LogP contribution is 2.14. The van der Waals surface area contributed by atoms with Crippen LogP contribution in [-0.4, -0.2) is 62.8 Å². The van der Waals surface area contributed by atoms with E-state index >= 15 is 0 Å². The molecule has 1 aliphatic heterocycles. The highest BCUT2D eigenvalue weighted by Gasteiger charge is 2.20. The lowest BCUT2D eigenvalue weighted by atomic mass is 10.2. The maximum Gasteiger partial charge on any atom is 0.238 e. The summed E-state index contributed by atoms with van der Waals surface area (Å²) in [6, 6.07) is 14.0. The van der Waals surface area contributed by atoms with Gasteiger partial charge in [0, 0.05) is 31.9 Å². The van der Waals surface area contributed by atoms with Crippen LogP contribution in [0.2, 0.25) is 0 Å². The third-order valence-corrected chi connectivity index (χ3v) is 5.79. The number of para-hydroxylation sites is 1. The zero-order valence-electron chi connectivity index (χ0n) is 17.4. The zero-order chi connectivity index (χ0) is 21.8. The average molecular weight is 441 g/mol. The number of carbonyl (C=O) groups is 1. The fourth-order valence-corrected chi connectivity index (χ4v) is 3.93. The SMILES string of the molecule is Cc1ccccc1-n1cnn(CN2CCN(CC(=O)Nc3cccc(F)c3)CC2)c1=S. The first kappa shape index (κ1) is 21.4. The van der Waals surface area contributed by atoms with Crippen molar-refractivity contribution < 1.29 is 9.18 Å². The van der Waals surface area contributed by atoms with Crippen molar-refractivity contribution in [3.05, 3.63) is 71.0 Å². The van der Waals surface area contributed by atoms with Crippen LogP contribution in [-0.2, 0) is 11.5 Å². The Morgan fingerprint density at radius 3 is 2.58 bits per heavy atom. The van der Waals surface area contributed by atoms with E-state index in [1.165, 1.54) is 12.1 Å². The predicted octanol–water partition coefficient (Wildman–Crippen LogP) is 3.06. The van der Waals surface area contributed by atoms with Gasteiger partial charge < -0.3 is 5.32 Å². The van der Waals surface area contributed by atoms with Gasteiger partial charge >= 0.3 is 0 Å². The number of anilines is 1. The molecule has 2 aromatic carbocycles. The van der Waals surface area contributed by atoms with Gasteiger partial charge in [-0.2, -0.15) is 5.10 Å². The number of nitrogens with zero attached hydrogens (tertiary/aromatic N) is 5. The molecule has 1 fully saturated rings. The Hall–Kier alpha value is -2.88. The van der Waals surface area contributed by atoms with Crippen LogP contribution in [0, 0.1) is 17.5 Å². The number of carbonyl (C=O) groups excluding carboxylic acids is 1. The van der Waals surface area contributed by atoms with Crippen LogP contribution >= 0.6 is 12.2 Å². The van der Waals surface area contributed by atoms with Crippen LogP contribution in [0.3, 0.4) is 0 Å². The quantitative estimate of drug-likeness (QED) is 0.597. The molecule has 4 rings (SSSR count). The molecule has 0 aliphatic carbocycles. The second kappa shape index (κ2) is 9.51. The van der Waals surface area contributed by atoms with E-state index in [9.17, 15) is 9.18 Å². The minimum Gasteiger partial charge on any atom is -0.325 e. The average Bonchev–Trinajstić information content (AvgIpc) is 3.10. The maximum atomic E-state index is 13.3. The second-order valence-corrected chi connectivity index (χ2v) is 8.03. The molecule has 0 saturated carbocycles. The van der Waals surface area contributed by atoms with E-state index in [0.29, 0.717) is 17.1 Å². The molecule has 0 spiro atoms. The summed E-state index contributed by atoms with van der Waals surface area (Å²) in [5.41, 5.74) is 2.65. The summed E-state index contributed by atoms with van der Waals surface area (Å²) in [6.45, 7) is 6.11. The van der Waals surface area contributed by atoms with Gasteiger partial charge in [-0.25, -0.2) is 9.07 Å². The van der Waals surface area contributed by atoms with Crippen molar-refractivity contribution >= 4 is 23.8 Å². The molecule has 0 unspecified atom stereocenters. The van der Waals surface area contributed by atoms with E-state index < -0.39 is 0 Å². The third kappa shape index (κ3) is 5.25. The molecule has 1 aromatic heterocycles. The Bertz CT molecular complexity index is 1120. The van der Waals surface area contributed by atoms with E-state index in [4.69, 9.17) is 12.2 Å². The van der Waals surface area contributed by atoms with E-state index in [1.807, 2.05) is 27.4 Å². The lowest BCUT2D eigenvalue weighted by Gasteiger charge is -2.33. The minimum absolute atomic E-state index is 0.141. The lowest BCUT2D eigenvalue weighted by molar-refractivity contribution is -0.117. The summed E-state index contributed by atoms with van der Waals surface area (Å²) in [7, 11) is 0. The Kier molecular flexibility index (Phi) is 6.55. The fourth-order valence-electron chi connectivity index (χ4n) is 3.68. The molecule has 7 nitrogen and oxygen atoms in total. The van der Waals surface area contributed by atoms with Crippen LogP contribution < -0.4 is 5.32 Å². The standard InChI is InChI=1S/C22H25FN6OS/c1-17-5-2-3-8-20(17)28-15-24-29(22(28)31)16-27-11-9-26(10-12-27)14-21(30)25-19-7-4-6-18(23)13-19/h2-8,13,15H,9-12,14,16H2,1H3,(H,25,30). The molecule has 2 heterocycles. The van der Waals surface area contributed by atoms with Crippen LogP contribution in [0.5, 0.6) is 0 Å². The highest BCUT2D eigenvalue weighted by atomic mass is 32.1. The summed E-state index contributed by atoms with van der Waals surface area (Å²) < 4.78 is 17.7. The molecule has 1 amide bonds. The van der Waals surface area contributed by atoms with Crippen molar-refractivity contribution in [2.24, 2.45) is 0 Å². The summed E-state index contributed by atoms with van der Waals surface area (Å²) in [5.74, 6) is -0.506. The van der Waals surface area contributed by atoms with Gasteiger partial charge in [-0.3, -0.25) is 19.2 Å². The number of hydrogen-bond donors (Lipinski definition) is 1. The first-order valence-corrected chi connectivity index (χ1v) is 10.6. The summed E-state index contributed by atoms with van der Waals surface area (Å²) in [5, 5.41) is 7.22. The van der Waals surface area contributed by atoms with Gasteiger partial charge in [0.1, 0.15) is 12.1 Å². The summed E-state index contributed by atoms with van der Waals surface area (Å²) in [4.78, 5) is 16.6. The number of halogens is 1. The molecule has 31 heavy (non-hydrogen) atoms. The normalized spacial score (nSPS) is 15.2. The Morgan fingerprint density at radius 2 is 1.84 bits per heavy atom. The largest absolute Gasteiger partial charge is 0.325 e. The van der Waals surface area contributed by atoms with Crippen LogP contribution in [0.4, 0.5) is 10.1 Å². The van der Waals surface area contributed by atoms with E-state index in [1.54, 1.807) is 18.5 Å². The van der Waals surface area contributed by atoms with Crippen molar-refractivity contribution in [3.63, 3.8) is 0 Å². The van der Waals surface area contributed by atoms with Crippen molar-refractivity contribution in [1.29, 1.82) is 0 Å². The minimum atomic E-state index is -0.366. The van der Waals surface area contributed by atoms with Crippen molar-refractivity contribution in [2.45, 2.75) is 13.6 Å². The monoisotopic (exact) mass is 440 g/mol. The number of nitrogens with one attached hydrogen (secondary N) is 1. The molecule has 1 aliphatic rings. The molecule has 0 radical (unpaired) electrons. The van der Waals surface area contributed by atoms with Gasteiger partial charge in [0.05, 0.1) is 18.9 Å². The Balaban J connectivity index is 1.29. The Labute approximate surface area is 185 Å². The first-order chi connectivity index (χ1) is 15.0. The number of piperazine rings is 1. The first-order valence-electron chi connectivity index (χ1n) is 10.2. The maximum absolute atomic E-state index is 13.3. The molecular weight excluding hydrogens is 415 g/mol. The van der Waals surface area contributed by atoms with Crippen LogP contribution in [0.25, 0.3) is 5.69 Å². The van der Waals surface area contributed by atoms with Crippen molar-refractivity contribution in [3.8, 4) is 5.69 Å². The number of rotatable bonds is 6. The molecule has 162 valence electrons. The van der Waals surface area contributed by atoms with Gasteiger partial charge in [-0.15, -0.1) is 0 Å². The van der Waals surface area contributed by atoms with Gasteiger partial charge in [-0.05, 0) is 49.0 Å².